The van der Waals surface area contributed by atoms with Gasteiger partial charge < -0.3 is 28.8 Å². The molecule has 3 atom stereocenters. The molecule has 1 aliphatic rings. The molecule has 2 rings (SSSR count). The van der Waals surface area contributed by atoms with Crippen molar-refractivity contribution in [3.8, 4) is 5.75 Å². The van der Waals surface area contributed by atoms with Crippen LogP contribution in [0.15, 0.2) is 18.2 Å². The molecule has 13 heteroatoms. The number of benzene rings is 1. The number of carboxylic acid groups (broad SMARTS) is 1. The van der Waals surface area contributed by atoms with Gasteiger partial charge in [0, 0.05) is 52.5 Å². The van der Waals surface area contributed by atoms with E-state index in [1.165, 1.54) is 26.2 Å². The van der Waals surface area contributed by atoms with E-state index in [2.05, 4.69) is 9.47 Å². The number of aldehydes is 1. The summed E-state index contributed by atoms with van der Waals surface area (Å²) in [6, 6.07) is 3.67. The normalized spacial score (nSPS) is 18.8. The molecule has 1 fully saturated rings. The lowest BCUT2D eigenvalue weighted by atomic mass is 10.0. The van der Waals surface area contributed by atoms with Crippen molar-refractivity contribution in [2.75, 3.05) is 21.3 Å². The molecule has 1 heterocycles. The summed E-state index contributed by atoms with van der Waals surface area (Å²) in [5, 5.41) is 18.6. The number of hydrogen-bond acceptors (Lipinski definition) is 11. The maximum atomic E-state index is 11.8. The standard InChI is InChI=1S/C16H17NO9.C2H4O2.C2H6O/c1-9(19)24-11-6-14(16(20)23-2)26-15(7-11)25-13-4-3-10(8-18)5-12(13)17(21)22;1-2(3)4;1-3-2/h3-5,8,11,14-15H,6-7H2,1-2H3;1H3,(H,3,4);1-2H3. The number of rotatable bonds is 6. The van der Waals surface area contributed by atoms with Crippen LogP contribution in [-0.4, -0.2) is 74.1 Å². The zero-order chi connectivity index (χ0) is 25.6. The Labute approximate surface area is 189 Å². The Balaban J connectivity index is 0.00000129. The van der Waals surface area contributed by atoms with E-state index in [1.54, 1.807) is 14.2 Å². The molecule has 0 bridgehead atoms. The summed E-state index contributed by atoms with van der Waals surface area (Å²) in [7, 11) is 4.43. The minimum atomic E-state index is -1.09. The Morgan fingerprint density at radius 1 is 1.18 bits per heavy atom. The number of nitrogens with zero attached hydrogens (tertiary/aromatic N) is 1. The SMILES string of the molecule is CC(=O)O.COC.COC(=O)C1CC(OC(C)=O)CC(Oc2ccc(C=O)cc2[N+](=O)[O-])O1. The summed E-state index contributed by atoms with van der Waals surface area (Å²) in [4.78, 5) is 53.2. The second-order valence-electron chi connectivity index (χ2n) is 6.43. The van der Waals surface area contributed by atoms with Crippen molar-refractivity contribution in [1.29, 1.82) is 0 Å². The Morgan fingerprint density at radius 2 is 1.76 bits per heavy atom. The number of nitro groups is 1. The highest BCUT2D eigenvalue weighted by Crippen LogP contribution is 2.32. The first-order chi connectivity index (χ1) is 15.5. The van der Waals surface area contributed by atoms with Crippen LogP contribution in [0.1, 0.15) is 37.0 Å². The number of carbonyl (C=O) groups is 4. The molecule has 0 spiro atoms. The number of aliphatic carboxylic acids is 1. The second kappa shape index (κ2) is 15.3. The van der Waals surface area contributed by atoms with Crippen LogP contribution in [0.4, 0.5) is 5.69 Å². The van der Waals surface area contributed by atoms with Gasteiger partial charge in [0.2, 0.25) is 6.29 Å². The average molecular weight is 473 g/mol. The third kappa shape index (κ3) is 11.6. The van der Waals surface area contributed by atoms with Gasteiger partial charge in [0.25, 0.3) is 5.97 Å². The molecule has 3 unspecified atom stereocenters. The number of carbonyl (C=O) groups excluding carboxylic acids is 3. The summed E-state index contributed by atoms with van der Waals surface area (Å²) in [5.74, 6) is -2.19. The molecule has 1 aromatic rings. The van der Waals surface area contributed by atoms with E-state index in [1.807, 2.05) is 0 Å². The fourth-order valence-corrected chi connectivity index (χ4v) is 2.53. The van der Waals surface area contributed by atoms with E-state index >= 15 is 0 Å². The lowest BCUT2D eigenvalue weighted by molar-refractivity contribution is -0.386. The van der Waals surface area contributed by atoms with Crippen molar-refractivity contribution >= 4 is 29.9 Å². The van der Waals surface area contributed by atoms with Gasteiger partial charge in [-0.25, -0.2) is 4.79 Å². The van der Waals surface area contributed by atoms with Gasteiger partial charge in [0.05, 0.1) is 12.0 Å². The highest BCUT2D eigenvalue weighted by Gasteiger charge is 2.38. The van der Waals surface area contributed by atoms with Crippen molar-refractivity contribution in [1.82, 2.24) is 0 Å². The summed E-state index contributed by atoms with van der Waals surface area (Å²) >= 11 is 0. The zero-order valence-corrected chi connectivity index (χ0v) is 18.8. The fraction of sp³-hybridized carbons (Fsp3) is 0.500. The minimum absolute atomic E-state index is 0.0691. The summed E-state index contributed by atoms with van der Waals surface area (Å²) < 4.78 is 25.0. The van der Waals surface area contributed by atoms with Gasteiger partial charge in [0.1, 0.15) is 12.4 Å². The number of carboxylic acids is 1. The van der Waals surface area contributed by atoms with Gasteiger partial charge in [-0.15, -0.1) is 0 Å². The number of hydrogen-bond donors (Lipinski definition) is 1. The quantitative estimate of drug-likeness (QED) is 0.274. The molecule has 1 N–H and O–H groups in total. The third-order valence-corrected chi connectivity index (χ3v) is 3.62. The fourth-order valence-electron chi connectivity index (χ4n) is 2.53. The second-order valence-corrected chi connectivity index (χ2v) is 6.43. The lowest BCUT2D eigenvalue weighted by Gasteiger charge is -2.33. The zero-order valence-electron chi connectivity index (χ0n) is 18.8. The molecule has 184 valence electrons. The van der Waals surface area contributed by atoms with Crippen molar-refractivity contribution < 1.29 is 52.9 Å². The van der Waals surface area contributed by atoms with Crippen molar-refractivity contribution in [2.45, 2.75) is 45.2 Å². The van der Waals surface area contributed by atoms with Crippen LogP contribution in [0.2, 0.25) is 0 Å². The van der Waals surface area contributed by atoms with E-state index in [0.717, 1.165) is 13.0 Å². The maximum absolute atomic E-state index is 11.8. The first-order valence-electron chi connectivity index (χ1n) is 9.39. The van der Waals surface area contributed by atoms with Crippen LogP contribution in [0.25, 0.3) is 0 Å². The van der Waals surface area contributed by atoms with Crippen LogP contribution in [0.5, 0.6) is 5.75 Å². The van der Waals surface area contributed by atoms with Gasteiger partial charge >= 0.3 is 17.6 Å². The Bertz CT molecular complexity index is 821. The predicted molar refractivity (Wildman–Crippen MR) is 111 cm³/mol. The highest BCUT2D eigenvalue weighted by atomic mass is 16.7. The number of nitro benzene ring substituents is 1. The Morgan fingerprint density at radius 3 is 2.21 bits per heavy atom. The van der Waals surface area contributed by atoms with Crippen molar-refractivity contribution in [3.05, 3.63) is 33.9 Å². The number of methoxy groups -OCH3 is 2. The average Bonchev–Trinajstić information content (AvgIpc) is 2.72. The minimum Gasteiger partial charge on any atom is -0.481 e. The first-order valence-corrected chi connectivity index (χ1v) is 9.39. The van der Waals surface area contributed by atoms with Crippen LogP contribution < -0.4 is 4.74 Å². The molecular formula is C20H27NO12. The molecule has 1 aliphatic heterocycles. The Hall–Kier alpha value is -3.58. The summed E-state index contributed by atoms with van der Waals surface area (Å²) in [5.41, 5.74) is -0.318. The van der Waals surface area contributed by atoms with E-state index in [-0.39, 0.29) is 24.2 Å². The molecular weight excluding hydrogens is 446 g/mol. The molecule has 0 aliphatic carbocycles. The van der Waals surface area contributed by atoms with Gasteiger partial charge in [0.15, 0.2) is 11.9 Å². The van der Waals surface area contributed by atoms with E-state index < -0.39 is 47.0 Å². The van der Waals surface area contributed by atoms with Gasteiger partial charge in [-0.1, -0.05) is 0 Å². The van der Waals surface area contributed by atoms with Gasteiger partial charge in [-0.05, 0) is 12.1 Å². The maximum Gasteiger partial charge on any atom is 0.335 e. The molecule has 0 amide bonds. The predicted octanol–water partition coefficient (Wildman–Crippen LogP) is 1.75. The molecule has 13 nitrogen and oxygen atoms in total. The summed E-state index contributed by atoms with van der Waals surface area (Å²) in [6.45, 7) is 2.31. The van der Waals surface area contributed by atoms with Gasteiger partial charge in [-0.3, -0.25) is 24.5 Å². The molecule has 33 heavy (non-hydrogen) atoms. The third-order valence-electron chi connectivity index (χ3n) is 3.62. The molecule has 0 radical (unpaired) electrons. The van der Waals surface area contributed by atoms with Gasteiger partial charge in [-0.2, -0.15) is 0 Å². The van der Waals surface area contributed by atoms with E-state index in [0.29, 0.717) is 6.29 Å². The Kier molecular flexibility index (Phi) is 13.6. The molecule has 0 saturated carbocycles. The van der Waals surface area contributed by atoms with Crippen LogP contribution >= 0.6 is 0 Å². The van der Waals surface area contributed by atoms with Crippen LogP contribution in [0, 0.1) is 10.1 Å². The van der Waals surface area contributed by atoms with E-state index in [9.17, 15) is 24.5 Å². The number of esters is 2. The largest absolute Gasteiger partial charge is 0.481 e. The first kappa shape index (κ1) is 29.4. The molecule has 1 aromatic carbocycles. The lowest BCUT2D eigenvalue weighted by Crippen LogP contribution is -2.44. The summed E-state index contributed by atoms with van der Waals surface area (Å²) in [6.07, 6.45) is -2.19. The monoisotopic (exact) mass is 473 g/mol. The van der Waals surface area contributed by atoms with Crippen LogP contribution in [-0.2, 0) is 33.3 Å². The highest BCUT2D eigenvalue weighted by molar-refractivity contribution is 5.77. The van der Waals surface area contributed by atoms with E-state index in [4.69, 9.17) is 24.1 Å². The smallest absolute Gasteiger partial charge is 0.335 e. The topological polar surface area (TPSA) is 178 Å². The number of ether oxygens (including phenoxy) is 5. The molecule has 1 saturated heterocycles. The van der Waals surface area contributed by atoms with Crippen molar-refractivity contribution in [3.63, 3.8) is 0 Å². The van der Waals surface area contributed by atoms with Crippen molar-refractivity contribution in [2.24, 2.45) is 0 Å². The van der Waals surface area contributed by atoms with Crippen LogP contribution in [0.3, 0.4) is 0 Å². The molecule has 0 aromatic heterocycles.